The monoisotopic (exact) mass is 189 g/mol. The average Bonchev–Trinajstić information content (AvgIpc) is 2.59. The number of hydrogen-bond donors (Lipinski definition) is 1. The Morgan fingerprint density at radius 2 is 1.64 bits per heavy atom. The van der Waals surface area contributed by atoms with Crippen molar-refractivity contribution in [2.24, 2.45) is 17.6 Å². The summed E-state index contributed by atoms with van der Waals surface area (Å²) in [4.78, 5) is 0. The Morgan fingerprint density at radius 1 is 1.14 bits per heavy atom. The Hall–Kier alpha value is -0.820. The highest BCUT2D eigenvalue weighted by atomic mass is 14.7. The van der Waals surface area contributed by atoms with Gasteiger partial charge in [-0.2, -0.15) is 0 Å². The van der Waals surface area contributed by atoms with E-state index in [9.17, 15) is 0 Å². The van der Waals surface area contributed by atoms with Gasteiger partial charge in [0.15, 0.2) is 0 Å². The van der Waals surface area contributed by atoms with Gasteiger partial charge in [0.25, 0.3) is 0 Å². The number of nitrogens with two attached hydrogens (primary N) is 1. The lowest BCUT2D eigenvalue weighted by molar-refractivity contribution is 0.352. The van der Waals surface area contributed by atoms with Crippen LogP contribution in [-0.2, 0) is 12.8 Å². The van der Waals surface area contributed by atoms with E-state index in [4.69, 9.17) is 5.73 Å². The molecule has 0 bridgehead atoms. The van der Waals surface area contributed by atoms with Crippen molar-refractivity contribution in [1.29, 1.82) is 0 Å². The van der Waals surface area contributed by atoms with Crippen LogP contribution in [0.4, 0.5) is 0 Å². The zero-order valence-corrected chi connectivity index (χ0v) is 9.03. The van der Waals surface area contributed by atoms with Crippen molar-refractivity contribution in [3.8, 4) is 0 Å². The first-order chi connectivity index (χ1) is 6.68. The van der Waals surface area contributed by atoms with Gasteiger partial charge in [0.2, 0.25) is 0 Å². The lowest BCUT2D eigenvalue weighted by atomic mass is 9.89. The predicted octanol–water partition coefficient (Wildman–Crippen LogP) is 2.38. The van der Waals surface area contributed by atoms with E-state index < -0.39 is 0 Å². The second-order valence-corrected chi connectivity index (χ2v) is 4.76. The van der Waals surface area contributed by atoms with E-state index in [2.05, 4.69) is 38.1 Å². The molecule has 0 aliphatic heterocycles. The van der Waals surface area contributed by atoms with E-state index in [1.807, 2.05) is 0 Å². The molecule has 0 saturated carbocycles. The van der Waals surface area contributed by atoms with Crippen molar-refractivity contribution in [1.82, 2.24) is 0 Å². The number of hydrogen-bond acceptors (Lipinski definition) is 1. The third-order valence-corrected chi connectivity index (χ3v) is 3.40. The molecule has 1 nitrogen and oxygen atoms in total. The summed E-state index contributed by atoms with van der Waals surface area (Å²) in [5.41, 5.74) is 9.22. The first kappa shape index (κ1) is 9.72. The summed E-state index contributed by atoms with van der Waals surface area (Å²) in [5.74, 6) is 1.25. The van der Waals surface area contributed by atoms with Crippen LogP contribution in [0.2, 0.25) is 0 Å². The van der Waals surface area contributed by atoms with Crippen LogP contribution in [-0.4, -0.2) is 6.04 Å². The highest BCUT2D eigenvalue weighted by Gasteiger charge is 2.27. The first-order valence-electron chi connectivity index (χ1n) is 5.51. The van der Waals surface area contributed by atoms with Crippen LogP contribution in [0.1, 0.15) is 25.0 Å². The highest BCUT2D eigenvalue weighted by Crippen LogP contribution is 2.29. The molecule has 0 radical (unpaired) electrons. The van der Waals surface area contributed by atoms with Crippen LogP contribution in [0.5, 0.6) is 0 Å². The second kappa shape index (κ2) is 3.74. The van der Waals surface area contributed by atoms with Gasteiger partial charge in [-0.05, 0) is 35.8 Å². The van der Waals surface area contributed by atoms with E-state index in [1.165, 1.54) is 24.0 Å². The summed E-state index contributed by atoms with van der Waals surface area (Å²) in [6.45, 7) is 4.43. The Labute approximate surface area is 86.3 Å². The molecule has 1 atom stereocenters. The summed E-state index contributed by atoms with van der Waals surface area (Å²) >= 11 is 0. The van der Waals surface area contributed by atoms with Crippen LogP contribution in [0.25, 0.3) is 0 Å². The van der Waals surface area contributed by atoms with Crippen molar-refractivity contribution >= 4 is 0 Å². The van der Waals surface area contributed by atoms with Gasteiger partial charge in [-0.15, -0.1) is 0 Å². The molecule has 2 N–H and O–H groups in total. The molecule has 1 heteroatoms. The van der Waals surface area contributed by atoms with Crippen LogP contribution in [0, 0.1) is 11.8 Å². The highest BCUT2D eigenvalue weighted by molar-refractivity contribution is 5.32. The number of rotatable bonds is 2. The van der Waals surface area contributed by atoms with Crippen LogP contribution < -0.4 is 5.73 Å². The Morgan fingerprint density at radius 3 is 2.07 bits per heavy atom. The predicted molar refractivity (Wildman–Crippen MR) is 60.2 cm³/mol. The van der Waals surface area contributed by atoms with E-state index in [-0.39, 0.29) is 0 Å². The zero-order valence-electron chi connectivity index (χ0n) is 9.03. The van der Waals surface area contributed by atoms with Gasteiger partial charge in [0.1, 0.15) is 0 Å². The molecule has 0 aromatic heterocycles. The largest absolute Gasteiger partial charge is 0.327 e. The van der Waals surface area contributed by atoms with Gasteiger partial charge in [-0.25, -0.2) is 0 Å². The van der Waals surface area contributed by atoms with Crippen LogP contribution >= 0.6 is 0 Å². The fourth-order valence-electron chi connectivity index (χ4n) is 2.41. The summed E-state index contributed by atoms with van der Waals surface area (Å²) in [7, 11) is 0. The SMILES string of the molecule is CC(C)C(N)C1Cc2ccccc2C1. The van der Waals surface area contributed by atoms with Gasteiger partial charge in [-0.1, -0.05) is 38.1 Å². The Kier molecular flexibility index (Phi) is 2.60. The summed E-state index contributed by atoms with van der Waals surface area (Å²) in [6.07, 6.45) is 2.35. The maximum absolute atomic E-state index is 6.20. The standard InChI is InChI=1S/C13H19N/c1-9(2)13(14)12-7-10-5-3-4-6-11(10)8-12/h3-6,9,12-13H,7-8,14H2,1-2H3. The molecule has 0 heterocycles. The van der Waals surface area contributed by atoms with Gasteiger partial charge in [-0.3, -0.25) is 0 Å². The minimum Gasteiger partial charge on any atom is -0.327 e. The molecule has 2 rings (SSSR count). The minimum atomic E-state index is 0.349. The van der Waals surface area contributed by atoms with E-state index in [1.54, 1.807) is 0 Å². The lowest BCUT2D eigenvalue weighted by Gasteiger charge is -2.22. The Balaban J connectivity index is 2.12. The second-order valence-electron chi connectivity index (χ2n) is 4.76. The zero-order chi connectivity index (χ0) is 10.1. The molecule has 1 aliphatic rings. The maximum Gasteiger partial charge on any atom is 0.00967 e. The topological polar surface area (TPSA) is 26.0 Å². The maximum atomic E-state index is 6.20. The molecule has 1 aliphatic carbocycles. The fourth-order valence-corrected chi connectivity index (χ4v) is 2.41. The van der Waals surface area contributed by atoms with Gasteiger partial charge in [0, 0.05) is 6.04 Å². The number of benzene rings is 1. The van der Waals surface area contributed by atoms with Crippen molar-refractivity contribution in [3.63, 3.8) is 0 Å². The number of fused-ring (bicyclic) bond motifs is 1. The summed E-state index contributed by atoms with van der Waals surface area (Å²) < 4.78 is 0. The van der Waals surface area contributed by atoms with Crippen molar-refractivity contribution in [2.45, 2.75) is 32.7 Å². The van der Waals surface area contributed by atoms with E-state index in [0.29, 0.717) is 17.9 Å². The van der Waals surface area contributed by atoms with Gasteiger partial charge in [0.05, 0.1) is 0 Å². The molecular formula is C13H19N. The van der Waals surface area contributed by atoms with E-state index >= 15 is 0 Å². The third-order valence-electron chi connectivity index (χ3n) is 3.40. The lowest BCUT2D eigenvalue weighted by Crippen LogP contribution is -2.35. The van der Waals surface area contributed by atoms with Gasteiger partial charge >= 0.3 is 0 Å². The minimum absolute atomic E-state index is 0.349. The molecule has 0 amide bonds. The third kappa shape index (κ3) is 1.69. The molecule has 0 spiro atoms. The van der Waals surface area contributed by atoms with Gasteiger partial charge < -0.3 is 5.73 Å². The molecule has 14 heavy (non-hydrogen) atoms. The van der Waals surface area contributed by atoms with Crippen molar-refractivity contribution in [3.05, 3.63) is 35.4 Å². The van der Waals surface area contributed by atoms with Crippen molar-refractivity contribution < 1.29 is 0 Å². The molecule has 1 aromatic rings. The first-order valence-corrected chi connectivity index (χ1v) is 5.51. The normalized spacial score (nSPS) is 18.6. The molecule has 1 unspecified atom stereocenters. The quantitative estimate of drug-likeness (QED) is 0.759. The van der Waals surface area contributed by atoms with Crippen molar-refractivity contribution in [2.75, 3.05) is 0 Å². The molecule has 0 fully saturated rings. The molecule has 76 valence electrons. The molecule has 0 saturated heterocycles. The summed E-state index contributed by atoms with van der Waals surface area (Å²) in [6, 6.07) is 9.08. The van der Waals surface area contributed by atoms with Crippen LogP contribution in [0.15, 0.2) is 24.3 Å². The molecule has 1 aromatic carbocycles. The molecular weight excluding hydrogens is 170 g/mol. The van der Waals surface area contributed by atoms with E-state index in [0.717, 1.165) is 0 Å². The fraction of sp³-hybridized carbons (Fsp3) is 0.538. The summed E-state index contributed by atoms with van der Waals surface area (Å²) in [5, 5.41) is 0. The smallest absolute Gasteiger partial charge is 0.00967 e. The van der Waals surface area contributed by atoms with Crippen LogP contribution in [0.3, 0.4) is 0 Å². The average molecular weight is 189 g/mol. The Bertz CT molecular complexity index is 292.